The van der Waals surface area contributed by atoms with E-state index in [0.717, 1.165) is 60.4 Å². The number of hydrogen-bond acceptors (Lipinski definition) is 3. The lowest BCUT2D eigenvalue weighted by Crippen LogP contribution is -2.74. The van der Waals surface area contributed by atoms with Gasteiger partial charge < -0.3 is 4.57 Å². The zero-order valence-electron chi connectivity index (χ0n) is 55.4. The van der Waals surface area contributed by atoms with E-state index in [1.165, 1.54) is 62.2 Å². The van der Waals surface area contributed by atoms with Crippen molar-refractivity contribution in [2.75, 3.05) is 0 Å². The summed E-state index contributed by atoms with van der Waals surface area (Å²) in [5.74, 6) is 1.65. The van der Waals surface area contributed by atoms with E-state index in [-0.39, 0.29) is 0 Å². The van der Waals surface area contributed by atoms with Crippen LogP contribution in [0.25, 0.3) is 78.0 Å². The van der Waals surface area contributed by atoms with E-state index in [1.807, 2.05) is 0 Å². The van der Waals surface area contributed by atoms with Crippen molar-refractivity contribution in [2.24, 2.45) is 0 Å². The minimum atomic E-state index is -3.13. The van der Waals surface area contributed by atoms with E-state index in [2.05, 4.69) is 416 Å². The van der Waals surface area contributed by atoms with E-state index in [1.54, 1.807) is 0 Å². The van der Waals surface area contributed by atoms with Crippen LogP contribution in [0.2, 0.25) is 0 Å². The molecule has 0 atom stereocenters. The Bertz CT molecular complexity index is 5510. The first kappa shape index (κ1) is 60.9. The summed E-state index contributed by atoms with van der Waals surface area (Å²) in [5.41, 5.74) is 7.07. The Morgan fingerprint density at radius 1 is 0.198 bits per heavy atom. The Hall–Kier alpha value is -12.4. The molecule has 0 bridgehead atoms. The molecule has 18 rings (SSSR count). The summed E-state index contributed by atoms with van der Waals surface area (Å²) >= 11 is 0. The van der Waals surface area contributed by atoms with Crippen LogP contribution in [0.15, 0.2) is 406 Å². The molecule has 0 radical (unpaired) electrons. The summed E-state index contributed by atoms with van der Waals surface area (Å²) in [6.07, 6.45) is 0. The van der Waals surface area contributed by atoms with Gasteiger partial charge in [0.1, 0.15) is 0 Å². The van der Waals surface area contributed by atoms with Gasteiger partial charge in [-0.05, 0) is 92.6 Å². The van der Waals surface area contributed by atoms with Crippen LogP contribution in [-0.4, -0.2) is 48.3 Å². The second-order valence-electron chi connectivity index (χ2n) is 26.1. The largest absolute Gasteiger partial charge is 0.309 e. The third kappa shape index (κ3) is 10.0. The van der Waals surface area contributed by atoms with E-state index < -0.39 is 24.2 Å². The molecule has 0 aliphatic rings. The lowest BCUT2D eigenvalue weighted by Gasteiger charge is -2.34. The fourth-order valence-corrected chi connectivity index (χ4v) is 30.9. The second kappa shape index (κ2) is 25.8. The summed E-state index contributed by atoms with van der Waals surface area (Å²) in [4.78, 5) is 17.9. The normalized spacial score (nSPS) is 12.0. The molecule has 3 aromatic heterocycles. The molecule has 0 saturated carbocycles. The van der Waals surface area contributed by atoms with Crippen LogP contribution >= 0.6 is 0 Å². The number of benzene rings is 15. The molecular formula is C93H67N5Si3. The van der Waals surface area contributed by atoms with E-state index in [4.69, 9.17) is 15.0 Å². The molecule has 5 nitrogen and oxygen atoms in total. The zero-order chi connectivity index (χ0) is 67.2. The first-order valence-corrected chi connectivity index (χ1v) is 40.7. The highest BCUT2D eigenvalue weighted by molar-refractivity contribution is 7.21. The topological polar surface area (TPSA) is 48.5 Å². The molecule has 0 unspecified atom stereocenters. The number of nitrogens with zero attached hydrogens (tertiary/aromatic N) is 5. The maximum atomic E-state index is 6.01. The average molecular weight is 1340 g/mol. The van der Waals surface area contributed by atoms with Crippen LogP contribution < -0.4 is 62.2 Å². The first-order valence-electron chi connectivity index (χ1n) is 34.7. The Morgan fingerprint density at radius 2 is 0.515 bits per heavy atom. The van der Waals surface area contributed by atoms with Crippen molar-refractivity contribution in [2.45, 2.75) is 0 Å². The highest BCUT2D eigenvalue weighted by Gasteiger charge is 2.45. The SMILES string of the molecule is c1ccc(-n2c3ccccc3c3c2ccc2c4ccc([Si](c5ccccc5)(c5ccccc5)c5ccccc5)cc4n(-c4nc(-c5cccc([Si](c6ccccc6)(c6ccccc6)c6ccccc6)c5)nc(-c5cccc([Si](c6ccccc6)(c6ccccc6)c6ccccc6)c5)n4)c23)cc1. The van der Waals surface area contributed by atoms with E-state index >= 15 is 0 Å². The van der Waals surface area contributed by atoms with Crippen LogP contribution in [0.5, 0.6) is 0 Å². The molecule has 476 valence electrons. The quantitative estimate of drug-likeness (QED) is 0.0715. The Labute approximate surface area is 591 Å². The van der Waals surface area contributed by atoms with Crippen molar-refractivity contribution in [3.63, 3.8) is 0 Å². The standard InChI is InChI=1S/C93H67N5Si3/c1-11-37-70(38-12-1)97-86-60-32-31-59-85(86)89-87(97)64-63-84-83-62-61-82(101(77-51-25-8-26-52-77,78-53-27-9-28-54-78)79-55-29-10-30-56-79)67-88(83)98(90(84)89)93-95-91(68-35-33-57-80(65-68)99(71-39-13-2-14-40-71,72-41-15-3-16-42-72)73-43-17-4-18-44-73)94-92(96-93)69-36-34-58-81(66-69)100(74-45-19-5-20-46-74,75-47-21-6-22-48-75)76-49-23-7-24-50-76/h1-67H. The maximum absolute atomic E-state index is 6.01. The molecule has 0 aliphatic heterocycles. The van der Waals surface area contributed by atoms with Gasteiger partial charge in [-0.1, -0.05) is 376 Å². The van der Waals surface area contributed by atoms with Gasteiger partial charge in [-0.25, -0.2) is 4.98 Å². The van der Waals surface area contributed by atoms with Crippen molar-refractivity contribution in [1.29, 1.82) is 0 Å². The van der Waals surface area contributed by atoms with Gasteiger partial charge in [0.2, 0.25) is 5.95 Å². The molecule has 101 heavy (non-hydrogen) atoms. The van der Waals surface area contributed by atoms with Gasteiger partial charge in [-0.15, -0.1) is 0 Å². The monoisotopic (exact) mass is 1340 g/mol. The first-order chi connectivity index (χ1) is 50.1. The number of para-hydroxylation sites is 2. The average Bonchev–Trinajstić information content (AvgIpc) is 1.63. The second-order valence-corrected chi connectivity index (χ2v) is 37.5. The summed E-state index contributed by atoms with van der Waals surface area (Å²) in [6, 6.07) is 151. The van der Waals surface area contributed by atoms with Crippen LogP contribution in [0.3, 0.4) is 0 Å². The smallest absolute Gasteiger partial charge is 0.238 e. The fourth-order valence-electron chi connectivity index (χ4n) is 16.6. The minimum Gasteiger partial charge on any atom is -0.309 e. The summed E-state index contributed by atoms with van der Waals surface area (Å²) < 4.78 is 4.83. The maximum Gasteiger partial charge on any atom is 0.238 e. The Balaban J connectivity index is 0.985. The van der Waals surface area contributed by atoms with Crippen molar-refractivity contribution in [1.82, 2.24) is 24.1 Å². The van der Waals surface area contributed by atoms with Gasteiger partial charge in [-0.3, -0.25) is 4.57 Å². The molecule has 15 aromatic carbocycles. The van der Waals surface area contributed by atoms with Gasteiger partial charge in [0.05, 0.1) is 22.1 Å². The van der Waals surface area contributed by atoms with Gasteiger partial charge in [0.25, 0.3) is 0 Å². The summed E-state index contributed by atoms with van der Waals surface area (Å²) in [7, 11) is -9.27. The van der Waals surface area contributed by atoms with Crippen LogP contribution in [0.4, 0.5) is 0 Å². The predicted octanol–water partition coefficient (Wildman–Crippen LogP) is 13.5. The third-order valence-corrected chi connectivity index (χ3v) is 35.1. The van der Waals surface area contributed by atoms with E-state index in [0.29, 0.717) is 17.6 Å². The van der Waals surface area contributed by atoms with Crippen molar-refractivity contribution < 1.29 is 0 Å². The minimum absolute atomic E-state index is 0.517. The Morgan fingerprint density at radius 3 is 0.891 bits per heavy atom. The van der Waals surface area contributed by atoms with Gasteiger partial charge in [-0.2, -0.15) is 9.97 Å². The van der Waals surface area contributed by atoms with E-state index in [9.17, 15) is 0 Å². The highest BCUT2D eigenvalue weighted by atomic mass is 28.3. The summed E-state index contributed by atoms with van der Waals surface area (Å²) in [6.45, 7) is 0. The van der Waals surface area contributed by atoms with Crippen LogP contribution in [0, 0.1) is 0 Å². The molecule has 0 N–H and O–H groups in total. The van der Waals surface area contributed by atoms with Gasteiger partial charge in [0, 0.05) is 38.4 Å². The molecule has 3 heterocycles. The van der Waals surface area contributed by atoms with Crippen LogP contribution in [0.1, 0.15) is 0 Å². The van der Waals surface area contributed by atoms with Crippen molar-refractivity contribution in [3.8, 4) is 34.4 Å². The molecule has 0 saturated heterocycles. The zero-order valence-corrected chi connectivity index (χ0v) is 58.4. The summed E-state index contributed by atoms with van der Waals surface area (Å²) in [5, 5.41) is 19.7. The number of aromatic nitrogens is 5. The number of fused-ring (bicyclic) bond motifs is 7. The fraction of sp³-hybridized carbons (Fsp3) is 0. The van der Waals surface area contributed by atoms with Gasteiger partial charge >= 0.3 is 0 Å². The molecule has 0 spiro atoms. The molecule has 0 fully saturated rings. The van der Waals surface area contributed by atoms with Crippen molar-refractivity contribution in [3.05, 3.63) is 406 Å². The predicted molar refractivity (Wildman–Crippen MR) is 430 cm³/mol. The lowest BCUT2D eigenvalue weighted by molar-refractivity contribution is 0.955. The Kier molecular flexibility index (Phi) is 15.5. The molecule has 0 aliphatic carbocycles. The lowest BCUT2D eigenvalue weighted by atomic mass is 10.1. The number of hydrogen-bond donors (Lipinski definition) is 0. The van der Waals surface area contributed by atoms with Crippen molar-refractivity contribution >= 4 is 130 Å². The highest BCUT2D eigenvalue weighted by Crippen LogP contribution is 2.42. The van der Waals surface area contributed by atoms with Gasteiger partial charge in [0.15, 0.2) is 35.9 Å². The molecule has 8 heteroatoms. The molecule has 18 aromatic rings. The number of rotatable bonds is 16. The third-order valence-electron chi connectivity index (χ3n) is 20.8. The van der Waals surface area contributed by atoms with Crippen LogP contribution in [-0.2, 0) is 0 Å². The molecule has 0 amide bonds. The molecular weight excluding hydrogens is 1270 g/mol.